The summed E-state index contributed by atoms with van der Waals surface area (Å²) in [5.41, 5.74) is 1.56. The molecule has 2 N–H and O–H groups in total. The molecule has 0 atom stereocenters. The van der Waals surface area contributed by atoms with Crippen LogP contribution in [0.2, 0.25) is 0 Å². The van der Waals surface area contributed by atoms with Gasteiger partial charge >= 0.3 is 11.9 Å². The van der Waals surface area contributed by atoms with Gasteiger partial charge in [0.1, 0.15) is 22.3 Å². The Labute approximate surface area is 216 Å². The second kappa shape index (κ2) is 10.2. The van der Waals surface area contributed by atoms with Gasteiger partial charge in [-0.05, 0) is 48.5 Å². The second-order valence-electron chi connectivity index (χ2n) is 8.13. The lowest BCUT2D eigenvalue weighted by Gasteiger charge is -2.19. The number of carboxylic acids is 2. The van der Waals surface area contributed by atoms with Gasteiger partial charge in [-0.15, -0.1) is 0 Å². The lowest BCUT2D eigenvalue weighted by atomic mass is 10.2. The molecule has 0 amide bonds. The number of aromatic carboxylic acids is 2. The molecular formula is C28H19N4O5P. The summed E-state index contributed by atoms with van der Waals surface area (Å²) in [6.45, 7) is 0. The largest absolute Gasteiger partial charge is 0.477 e. The molecule has 1 aromatic carbocycles. The molecular weight excluding hydrogens is 503 g/mol. The van der Waals surface area contributed by atoms with Crippen LogP contribution in [0.25, 0.3) is 22.8 Å². The Morgan fingerprint density at radius 1 is 0.500 bits per heavy atom. The molecule has 0 saturated carbocycles. The number of carbonyl (C=O) groups is 2. The molecule has 10 heteroatoms. The van der Waals surface area contributed by atoms with Gasteiger partial charge in [0.05, 0.1) is 22.8 Å². The number of carboxylic acid groups (broad SMARTS) is 2. The van der Waals surface area contributed by atoms with Crippen molar-refractivity contribution < 1.29 is 24.4 Å². The average molecular weight is 522 g/mol. The van der Waals surface area contributed by atoms with Crippen molar-refractivity contribution in [1.29, 1.82) is 0 Å². The van der Waals surface area contributed by atoms with Crippen molar-refractivity contribution in [2.75, 3.05) is 0 Å². The summed E-state index contributed by atoms with van der Waals surface area (Å²) in [5.74, 6) is -2.33. The Kier molecular flexibility index (Phi) is 6.60. The molecule has 4 heterocycles. The average Bonchev–Trinajstić information content (AvgIpc) is 2.97. The molecule has 0 radical (unpaired) electrons. The number of hydrogen-bond acceptors (Lipinski definition) is 7. The highest BCUT2D eigenvalue weighted by molar-refractivity contribution is 7.84. The first-order valence-corrected chi connectivity index (χ1v) is 13.1. The fourth-order valence-electron chi connectivity index (χ4n) is 3.90. The normalized spacial score (nSPS) is 11.2. The molecule has 0 unspecified atom stereocenters. The summed E-state index contributed by atoms with van der Waals surface area (Å²) in [4.78, 5) is 40.5. The third-order valence-electron chi connectivity index (χ3n) is 5.70. The molecule has 38 heavy (non-hydrogen) atoms. The fraction of sp³-hybridized carbons (Fsp3) is 0. The molecule has 0 aliphatic rings. The van der Waals surface area contributed by atoms with Crippen LogP contribution >= 0.6 is 7.14 Å². The predicted octanol–water partition coefficient (Wildman–Crippen LogP) is 3.64. The molecule has 0 aliphatic heterocycles. The smallest absolute Gasteiger partial charge is 0.354 e. The van der Waals surface area contributed by atoms with Crippen LogP contribution in [0.1, 0.15) is 21.0 Å². The van der Waals surface area contributed by atoms with E-state index in [-0.39, 0.29) is 22.3 Å². The minimum Gasteiger partial charge on any atom is -0.477 e. The van der Waals surface area contributed by atoms with Crippen LogP contribution in [0.5, 0.6) is 0 Å². The highest BCUT2D eigenvalue weighted by Gasteiger charge is 2.33. The summed E-state index contributed by atoms with van der Waals surface area (Å²) in [7, 11) is -3.64. The Bertz CT molecular complexity index is 1620. The number of benzene rings is 1. The lowest BCUT2D eigenvalue weighted by molar-refractivity contribution is 0.0680. The van der Waals surface area contributed by atoms with Crippen molar-refractivity contribution >= 4 is 35.3 Å². The van der Waals surface area contributed by atoms with E-state index in [9.17, 15) is 24.4 Å². The number of rotatable bonds is 7. The minimum absolute atomic E-state index is 0.133. The number of pyridine rings is 4. The molecule has 0 saturated heterocycles. The maximum Gasteiger partial charge on any atom is 0.354 e. The van der Waals surface area contributed by atoms with Gasteiger partial charge in [-0.3, -0.25) is 0 Å². The van der Waals surface area contributed by atoms with Crippen molar-refractivity contribution in [3.63, 3.8) is 0 Å². The van der Waals surface area contributed by atoms with Gasteiger partial charge in [0.25, 0.3) is 0 Å². The summed E-state index contributed by atoms with van der Waals surface area (Å²) in [6, 6.07) is 27.9. The number of nitrogens with zero attached hydrogens (tertiary/aromatic N) is 4. The van der Waals surface area contributed by atoms with Crippen LogP contribution in [-0.2, 0) is 4.57 Å². The molecule has 0 aliphatic carbocycles. The van der Waals surface area contributed by atoms with E-state index in [4.69, 9.17) is 0 Å². The molecule has 9 nitrogen and oxygen atoms in total. The third-order valence-corrected chi connectivity index (χ3v) is 8.51. The molecule has 5 aromatic rings. The van der Waals surface area contributed by atoms with E-state index in [1.807, 2.05) is 6.07 Å². The van der Waals surface area contributed by atoms with E-state index in [1.165, 1.54) is 12.1 Å². The van der Waals surface area contributed by atoms with E-state index in [1.54, 1.807) is 84.9 Å². The van der Waals surface area contributed by atoms with Crippen LogP contribution in [0.3, 0.4) is 0 Å². The zero-order chi connectivity index (χ0) is 26.7. The number of hydrogen-bond donors (Lipinski definition) is 2. The lowest BCUT2D eigenvalue weighted by Crippen LogP contribution is -2.29. The van der Waals surface area contributed by atoms with Crippen LogP contribution in [0, 0.1) is 0 Å². The second-order valence-corrected chi connectivity index (χ2v) is 10.8. The molecule has 186 valence electrons. The van der Waals surface area contributed by atoms with Crippen molar-refractivity contribution in [2.45, 2.75) is 0 Å². The summed E-state index contributed by atoms with van der Waals surface area (Å²) < 4.78 is 15.0. The van der Waals surface area contributed by atoms with Crippen molar-refractivity contribution in [3.8, 4) is 22.8 Å². The zero-order valence-corrected chi connectivity index (χ0v) is 20.6. The van der Waals surface area contributed by atoms with Gasteiger partial charge in [-0.25, -0.2) is 29.5 Å². The number of aromatic nitrogens is 4. The third kappa shape index (κ3) is 4.70. The highest BCUT2D eigenvalue weighted by atomic mass is 31.2. The van der Waals surface area contributed by atoms with Crippen LogP contribution in [0.4, 0.5) is 0 Å². The van der Waals surface area contributed by atoms with Crippen LogP contribution in [-0.4, -0.2) is 42.1 Å². The maximum absolute atomic E-state index is 15.0. The quantitative estimate of drug-likeness (QED) is 0.306. The van der Waals surface area contributed by atoms with E-state index in [2.05, 4.69) is 19.9 Å². The Morgan fingerprint density at radius 3 is 1.32 bits per heavy atom. The van der Waals surface area contributed by atoms with Gasteiger partial charge in [-0.2, -0.15) is 0 Å². The van der Waals surface area contributed by atoms with Crippen LogP contribution < -0.4 is 16.2 Å². The van der Waals surface area contributed by atoms with E-state index >= 15 is 0 Å². The van der Waals surface area contributed by atoms with E-state index in [0.29, 0.717) is 28.1 Å². The monoisotopic (exact) mass is 522 g/mol. The fourth-order valence-corrected chi connectivity index (χ4v) is 6.34. The summed E-state index contributed by atoms with van der Waals surface area (Å²) in [5, 5.41) is 19.2. The first kappa shape index (κ1) is 24.7. The molecule has 4 aromatic heterocycles. The van der Waals surface area contributed by atoms with Crippen molar-refractivity contribution in [2.24, 2.45) is 0 Å². The van der Waals surface area contributed by atoms with E-state index in [0.717, 1.165) is 0 Å². The SMILES string of the molecule is O=C(O)c1cccc(-c2cccc(P(=O)(c3ccccc3)c3cccc(-c4cccc(C(=O)O)n4)n3)n2)n1. The summed E-state index contributed by atoms with van der Waals surface area (Å²) in [6.07, 6.45) is 0. The standard InChI is InChI=1S/C28H19N4O5P/c33-27(34)23-14-4-10-19(29-23)21-12-6-16-25(31-21)38(37,18-8-2-1-3-9-18)26-17-7-13-22(32-26)20-11-5-15-24(30-20)28(35)36/h1-17H,(H,33,34)(H,35,36). The van der Waals surface area contributed by atoms with Gasteiger partial charge in [-0.1, -0.05) is 54.6 Å². The first-order chi connectivity index (χ1) is 18.4. The first-order valence-electron chi connectivity index (χ1n) is 11.4. The van der Waals surface area contributed by atoms with Gasteiger partial charge in [0, 0.05) is 5.30 Å². The molecule has 0 bridgehead atoms. The highest BCUT2D eigenvalue weighted by Crippen LogP contribution is 2.41. The van der Waals surface area contributed by atoms with Gasteiger partial charge in [0.2, 0.25) is 7.14 Å². The summed E-state index contributed by atoms with van der Waals surface area (Å²) >= 11 is 0. The van der Waals surface area contributed by atoms with E-state index < -0.39 is 19.1 Å². The zero-order valence-electron chi connectivity index (χ0n) is 19.7. The van der Waals surface area contributed by atoms with Gasteiger partial charge < -0.3 is 14.8 Å². The molecule has 0 fully saturated rings. The topological polar surface area (TPSA) is 143 Å². The molecule has 5 rings (SSSR count). The Balaban J connectivity index is 1.68. The maximum atomic E-state index is 15.0. The Hall–Kier alpha value is -5.01. The Morgan fingerprint density at radius 2 is 0.895 bits per heavy atom. The minimum atomic E-state index is -3.64. The van der Waals surface area contributed by atoms with Crippen molar-refractivity contribution in [1.82, 2.24) is 19.9 Å². The van der Waals surface area contributed by atoms with Crippen LogP contribution in [0.15, 0.2) is 103 Å². The van der Waals surface area contributed by atoms with Gasteiger partial charge in [0.15, 0.2) is 0 Å². The molecule has 0 spiro atoms. The predicted molar refractivity (Wildman–Crippen MR) is 142 cm³/mol. The van der Waals surface area contributed by atoms with Crippen molar-refractivity contribution in [3.05, 3.63) is 115 Å².